The average Bonchev–Trinajstić information content (AvgIpc) is 2.41. The highest BCUT2D eigenvalue weighted by molar-refractivity contribution is 9.10. The van der Waals surface area contributed by atoms with Crippen molar-refractivity contribution in [2.75, 3.05) is 6.61 Å². The van der Waals surface area contributed by atoms with E-state index in [9.17, 15) is 0 Å². The Morgan fingerprint density at radius 2 is 2.10 bits per heavy atom. The minimum Gasteiger partial charge on any atom is -0.493 e. The van der Waals surface area contributed by atoms with Crippen LogP contribution in [0.15, 0.2) is 16.6 Å². The molecule has 0 bridgehead atoms. The van der Waals surface area contributed by atoms with Gasteiger partial charge in [-0.05, 0) is 63.3 Å². The predicted octanol–water partition coefficient (Wildman–Crippen LogP) is 4.36. The fraction of sp³-hybridized carbons (Fsp3) is 0.588. The molecule has 0 aliphatic heterocycles. The van der Waals surface area contributed by atoms with Gasteiger partial charge in [0.25, 0.3) is 0 Å². The standard InChI is InChI=1S/C17H25BrN2O/c1-5-15(20)10-13-9-14(18)8-12(2)16(13)21-7-6-17(3,4)11-19/h8-9,15H,5-7,10,20H2,1-4H3. The lowest BCUT2D eigenvalue weighted by atomic mass is 9.92. The lowest BCUT2D eigenvalue weighted by Crippen LogP contribution is -2.22. The SMILES string of the molecule is CCC(N)Cc1cc(Br)cc(C)c1OCCC(C)(C)C#N. The Morgan fingerprint density at radius 1 is 1.43 bits per heavy atom. The van der Waals surface area contributed by atoms with Gasteiger partial charge in [0.05, 0.1) is 18.1 Å². The van der Waals surface area contributed by atoms with Crippen molar-refractivity contribution in [2.45, 2.75) is 53.0 Å². The Kier molecular flexibility index (Phi) is 6.70. The highest BCUT2D eigenvalue weighted by atomic mass is 79.9. The van der Waals surface area contributed by atoms with Crippen LogP contribution in [0.4, 0.5) is 0 Å². The molecule has 0 radical (unpaired) electrons. The first-order valence-electron chi connectivity index (χ1n) is 7.37. The number of benzene rings is 1. The van der Waals surface area contributed by atoms with Crippen LogP contribution >= 0.6 is 15.9 Å². The Balaban J connectivity index is 2.87. The summed E-state index contributed by atoms with van der Waals surface area (Å²) in [5.74, 6) is 0.913. The summed E-state index contributed by atoms with van der Waals surface area (Å²) in [7, 11) is 0. The van der Waals surface area contributed by atoms with Gasteiger partial charge in [-0.3, -0.25) is 0 Å². The predicted molar refractivity (Wildman–Crippen MR) is 90.4 cm³/mol. The van der Waals surface area contributed by atoms with Gasteiger partial charge in [-0.25, -0.2) is 0 Å². The number of nitrogens with zero attached hydrogens (tertiary/aromatic N) is 1. The molecule has 0 spiro atoms. The van der Waals surface area contributed by atoms with Crippen molar-refractivity contribution in [2.24, 2.45) is 11.1 Å². The zero-order valence-electron chi connectivity index (χ0n) is 13.4. The van der Waals surface area contributed by atoms with Crippen LogP contribution < -0.4 is 10.5 Å². The molecule has 4 heteroatoms. The first-order chi connectivity index (χ1) is 9.79. The van der Waals surface area contributed by atoms with Gasteiger partial charge in [0.1, 0.15) is 5.75 Å². The highest BCUT2D eigenvalue weighted by Gasteiger charge is 2.18. The molecule has 21 heavy (non-hydrogen) atoms. The van der Waals surface area contributed by atoms with E-state index < -0.39 is 0 Å². The molecule has 0 heterocycles. The number of nitrogens with two attached hydrogens (primary N) is 1. The maximum absolute atomic E-state index is 9.06. The van der Waals surface area contributed by atoms with Crippen LogP contribution in [-0.4, -0.2) is 12.6 Å². The van der Waals surface area contributed by atoms with E-state index >= 15 is 0 Å². The van der Waals surface area contributed by atoms with Gasteiger partial charge >= 0.3 is 0 Å². The van der Waals surface area contributed by atoms with Gasteiger partial charge in [0.2, 0.25) is 0 Å². The van der Waals surface area contributed by atoms with Crippen LogP contribution in [0, 0.1) is 23.7 Å². The van der Waals surface area contributed by atoms with E-state index in [0.717, 1.165) is 34.2 Å². The summed E-state index contributed by atoms with van der Waals surface area (Å²) >= 11 is 3.53. The minimum absolute atomic E-state index is 0.136. The summed E-state index contributed by atoms with van der Waals surface area (Å²) in [6, 6.07) is 6.56. The van der Waals surface area contributed by atoms with E-state index in [1.54, 1.807) is 0 Å². The summed E-state index contributed by atoms with van der Waals surface area (Å²) in [4.78, 5) is 0. The van der Waals surface area contributed by atoms with Crippen LogP contribution in [-0.2, 0) is 6.42 Å². The maximum atomic E-state index is 9.06. The number of ether oxygens (including phenoxy) is 1. The molecule has 0 amide bonds. The summed E-state index contributed by atoms with van der Waals surface area (Å²) in [6.45, 7) is 8.52. The fourth-order valence-corrected chi connectivity index (χ4v) is 2.67. The second-order valence-corrected chi connectivity index (χ2v) is 7.09. The third-order valence-electron chi connectivity index (χ3n) is 3.60. The van der Waals surface area contributed by atoms with E-state index in [1.165, 1.54) is 0 Å². The average molecular weight is 353 g/mol. The van der Waals surface area contributed by atoms with E-state index in [0.29, 0.717) is 13.0 Å². The monoisotopic (exact) mass is 352 g/mol. The normalized spacial score (nSPS) is 12.8. The summed E-state index contributed by atoms with van der Waals surface area (Å²) in [6.07, 6.45) is 2.44. The summed E-state index contributed by atoms with van der Waals surface area (Å²) in [5, 5.41) is 9.06. The third-order valence-corrected chi connectivity index (χ3v) is 4.06. The number of hydrogen-bond donors (Lipinski definition) is 1. The Hall–Kier alpha value is -1.05. The molecule has 1 unspecified atom stereocenters. The lowest BCUT2D eigenvalue weighted by molar-refractivity contribution is 0.260. The van der Waals surface area contributed by atoms with Gasteiger partial charge in [-0.2, -0.15) is 5.26 Å². The fourth-order valence-electron chi connectivity index (χ4n) is 2.05. The second kappa shape index (κ2) is 7.82. The maximum Gasteiger partial charge on any atom is 0.125 e. The van der Waals surface area contributed by atoms with Crippen molar-refractivity contribution < 1.29 is 4.74 Å². The van der Waals surface area contributed by atoms with E-state index in [2.05, 4.69) is 35.0 Å². The van der Waals surface area contributed by atoms with E-state index in [-0.39, 0.29) is 11.5 Å². The molecular formula is C17H25BrN2O. The van der Waals surface area contributed by atoms with E-state index in [1.807, 2.05) is 26.8 Å². The van der Waals surface area contributed by atoms with Crippen molar-refractivity contribution in [1.29, 1.82) is 5.26 Å². The van der Waals surface area contributed by atoms with Crippen molar-refractivity contribution in [3.63, 3.8) is 0 Å². The van der Waals surface area contributed by atoms with Crippen molar-refractivity contribution >= 4 is 15.9 Å². The quantitative estimate of drug-likeness (QED) is 0.792. The van der Waals surface area contributed by atoms with Gasteiger partial charge < -0.3 is 10.5 Å². The largest absolute Gasteiger partial charge is 0.493 e. The molecule has 0 aromatic heterocycles. The molecule has 1 aromatic carbocycles. The molecule has 1 atom stereocenters. The number of nitriles is 1. The van der Waals surface area contributed by atoms with Gasteiger partial charge in [0, 0.05) is 10.5 Å². The van der Waals surface area contributed by atoms with Crippen LogP contribution in [0.1, 0.15) is 44.7 Å². The number of rotatable bonds is 7. The summed E-state index contributed by atoms with van der Waals surface area (Å²) in [5.41, 5.74) is 7.95. The molecule has 116 valence electrons. The zero-order valence-corrected chi connectivity index (χ0v) is 15.0. The van der Waals surface area contributed by atoms with Crippen molar-refractivity contribution in [3.05, 3.63) is 27.7 Å². The molecule has 1 rings (SSSR count). The number of halogens is 1. The zero-order chi connectivity index (χ0) is 16.0. The third kappa shape index (κ3) is 5.68. The van der Waals surface area contributed by atoms with E-state index in [4.69, 9.17) is 15.7 Å². The molecule has 0 fully saturated rings. The Morgan fingerprint density at radius 3 is 2.67 bits per heavy atom. The molecule has 3 nitrogen and oxygen atoms in total. The molecule has 0 saturated heterocycles. The Labute approximate surface area is 136 Å². The molecule has 1 aromatic rings. The summed E-state index contributed by atoms with van der Waals surface area (Å²) < 4.78 is 7.02. The van der Waals surface area contributed by atoms with Gasteiger partial charge in [-0.15, -0.1) is 0 Å². The molecule has 0 aliphatic rings. The smallest absolute Gasteiger partial charge is 0.125 e. The van der Waals surface area contributed by atoms with Crippen molar-refractivity contribution in [1.82, 2.24) is 0 Å². The van der Waals surface area contributed by atoms with Crippen LogP contribution in [0.2, 0.25) is 0 Å². The molecular weight excluding hydrogens is 328 g/mol. The molecule has 0 saturated carbocycles. The Bertz CT molecular complexity index is 520. The van der Waals surface area contributed by atoms with Gasteiger partial charge in [0.15, 0.2) is 0 Å². The second-order valence-electron chi connectivity index (χ2n) is 6.18. The van der Waals surface area contributed by atoms with Gasteiger partial charge in [-0.1, -0.05) is 22.9 Å². The van der Waals surface area contributed by atoms with Crippen molar-refractivity contribution in [3.8, 4) is 11.8 Å². The van der Waals surface area contributed by atoms with Crippen LogP contribution in [0.3, 0.4) is 0 Å². The first-order valence-corrected chi connectivity index (χ1v) is 8.17. The topological polar surface area (TPSA) is 59.0 Å². The molecule has 0 aliphatic carbocycles. The van der Waals surface area contributed by atoms with Crippen LogP contribution in [0.5, 0.6) is 5.75 Å². The lowest BCUT2D eigenvalue weighted by Gasteiger charge is -2.20. The first kappa shape index (κ1) is 18.0. The molecule has 2 N–H and O–H groups in total. The highest BCUT2D eigenvalue weighted by Crippen LogP contribution is 2.30. The minimum atomic E-state index is -0.358. The number of aryl methyl sites for hydroxylation is 1. The van der Waals surface area contributed by atoms with Crippen LogP contribution in [0.25, 0.3) is 0 Å². The number of hydrogen-bond acceptors (Lipinski definition) is 3.